The maximum Gasteiger partial charge on any atom is 0.294 e. The van der Waals surface area contributed by atoms with E-state index in [2.05, 4.69) is 0 Å². The van der Waals surface area contributed by atoms with Crippen LogP contribution in [-0.4, -0.2) is 90.4 Å². The van der Waals surface area contributed by atoms with Crippen LogP contribution in [-0.2, 0) is 104 Å². The highest BCUT2D eigenvalue weighted by Crippen LogP contribution is 2.41. The Balaban J connectivity index is 1.64. The lowest BCUT2D eigenvalue weighted by molar-refractivity contribution is -0.307. The van der Waals surface area contributed by atoms with E-state index in [4.69, 9.17) is 4.74 Å². The van der Waals surface area contributed by atoms with Crippen molar-refractivity contribution in [1.82, 2.24) is 0 Å². The second-order valence-corrected chi connectivity index (χ2v) is 25.5. The van der Waals surface area contributed by atoms with E-state index >= 15 is 0 Å². The van der Waals surface area contributed by atoms with Gasteiger partial charge in [-0.15, -0.1) is 28.7 Å². The number of rotatable bonds is 9. The minimum absolute atomic E-state index is 0.498. The molecule has 0 radical (unpaired) electrons. The van der Waals surface area contributed by atoms with Crippen LogP contribution in [0.3, 0.4) is 0 Å². The molecule has 0 saturated carbocycles. The number of fused-ring (bicyclic) bond motifs is 12. The molecule has 0 fully saturated rings. The van der Waals surface area contributed by atoms with Gasteiger partial charge in [0.25, 0.3) is 60.7 Å². The molecule has 1 aliphatic carbocycles. The molecule has 0 saturated heterocycles. The zero-order chi connectivity index (χ0) is 56.6. The van der Waals surface area contributed by atoms with Gasteiger partial charge in [0.2, 0.25) is 0 Å². The van der Waals surface area contributed by atoms with Crippen molar-refractivity contribution in [3.63, 3.8) is 0 Å². The molecule has 0 heterocycles. The maximum atomic E-state index is 14.4. The van der Waals surface area contributed by atoms with Crippen molar-refractivity contribution in [2.45, 2.75) is 67.9 Å². The van der Waals surface area contributed by atoms with Gasteiger partial charge >= 0.3 is 0 Å². The van der Waals surface area contributed by atoms with E-state index in [-0.39, 0.29) is 0 Å². The van der Waals surface area contributed by atoms with E-state index in [9.17, 15) is 113 Å². The average molecular weight is 1170 g/mol. The summed E-state index contributed by atoms with van der Waals surface area (Å²) in [6.07, 6.45) is -6.71. The second kappa shape index (κ2) is 19.9. The zero-order valence-electron chi connectivity index (χ0n) is 37.7. The maximum absolute atomic E-state index is 14.4. The van der Waals surface area contributed by atoms with Crippen molar-refractivity contribution >= 4 is 66.7 Å². The van der Waals surface area contributed by atoms with E-state index in [0.29, 0.717) is 72.8 Å². The van der Waals surface area contributed by atoms with Gasteiger partial charge in [0.1, 0.15) is 12.4 Å². The molecule has 6 aromatic rings. The Morgan fingerprint density at radius 2 is 0.474 bits per heavy atom. The Morgan fingerprint density at radius 1 is 0.329 bits per heavy atom. The van der Waals surface area contributed by atoms with Crippen LogP contribution in [0.4, 0.5) is 0 Å². The van der Waals surface area contributed by atoms with Gasteiger partial charge in [0.15, 0.2) is 0 Å². The predicted molar refractivity (Wildman–Crippen MR) is 242 cm³/mol. The number of benzene rings is 6. The SMILES string of the molecule is O=C([O-])COc1c2cc(S(=O)(=O)O)cc1Cc1cc(S(=O)(=O)O)cc(c1[O-])Cc1cc(S(=O)(=O)O)cc(c1[O-])Cc1cc(S(=O)(=O)O)cc(c1[O-])Cc1cc(S(=O)(=O)O)cc(c1[O-])Cc1cc(S(=O)(=O)O)cc(c1[O-])C2. The van der Waals surface area contributed by atoms with E-state index in [1.54, 1.807) is 0 Å². The highest BCUT2D eigenvalue weighted by Gasteiger charge is 2.26. The first-order valence-corrected chi connectivity index (χ1v) is 29.4. The minimum atomic E-state index is -5.43. The van der Waals surface area contributed by atoms with E-state index in [1.165, 1.54) is 0 Å². The van der Waals surface area contributed by atoms with Gasteiger partial charge in [-0.2, -0.15) is 50.5 Å². The summed E-state index contributed by atoms with van der Waals surface area (Å²) in [5, 5.41) is 83.3. The number of carboxylic acid groups (broad SMARTS) is 1. The fourth-order valence-corrected chi connectivity index (χ4v) is 11.8. The lowest BCUT2D eigenvalue weighted by atomic mass is 9.91. The molecule has 0 aliphatic heterocycles. The van der Waals surface area contributed by atoms with Crippen LogP contribution >= 0.6 is 0 Å². The van der Waals surface area contributed by atoms with Gasteiger partial charge < -0.3 is 40.2 Å². The summed E-state index contributed by atoms with van der Waals surface area (Å²) < 4.78 is 219. The number of hydrogen-bond acceptors (Lipinski definition) is 20. The van der Waals surface area contributed by atoms with Crippen LogP contribution < -0.4 is 35.4 Å². The molecule has 0 unspecified atom stereocenters. The lowest BCUT2D eigenvalue weighted by Gasteiger charge is -2.28. The van der Waals surface area contributed by atoms with Crippen molar-refractivity contribution in [3.05, 3.63) is 140 Å². The third-order valence-corrected chi connectivity index (χ3v) is 16.7. The molecule has 6 aromatic carbocycles. The van der Waals surface area contributed by atoms with Crippen molar-refractivity contribution in [2.75, 3.05) is 6.61 Å². The molecule has 0 atom stereocenters. The third-order valence-electron chi connectivity index (χ3n) is 11.7. The largest absolute Gasteiger partial charge is 0.872 e. The average Bonchev–Trinajstić information content (AvgIpc) is 3.26. The zero-order valence-corrected chi connectivity index (χ0v) is 42.6. The van der Waals surface area contributed by atoms with E-state index in [1.807, 2.05) is 0 Å². The Labute approximate surface area is 430 Å². The summed E-state index contributed by atoms with van der Waals surface area (Å²) in [4.78, 5) is 5.03. The Hall–Kier alpha value is -6.95. The summed E-state index contributed by atoms with van der Waals surface area (Å²) in [5.74, 6) is -9.20. The van der Waals surface area contributed by atoms with Gasteiger partial charge in [-0.1, -0.05) is 0 Å². The minimum Gasteiger partial charge on any atom is -0.872 e. The predicted octanol–water partition coefficient (Wildman–Crippen LogP) is -1.48. The fraction of sp³-hybridized carbons (Fsp3) is 0.159. The summed E-state index contributed by atoms with van der Waals surface area (Å²) in [5.41, 5.74) is -9.28. The summed E-state index contributed by atoms with van der Waals surface area (Å²) in [6, 6.07) is 6.13. The van der Waals surface area contributed by atoms with Crippen molar-refractivity contribution in [1.29, 1.82) is 0 Å². The molecular formula is C44H32O26S6-6. The highest BCUT2D eigenvalue weighted by molar-refractivity contribution is 7.87. The standard InChI is InChI=1S/C44H38O26S6/c45-38(46)19-70-44-30-5-28-15-35(74(61,62)63)13-26(42(28)50)3-24-11-33(72(55,56)57)9-22(40(24)48)1-20-7-32(71(52,53)54)8-21(39(20)47)2-23-10-34(73(58,59)60)12-25(41(23)49)4-27-14-36(75(64,65)66)16-29(43(27)51)6-31(44)18-37(17-30)76(67,68)69/h7-18,47-51H,1-6,19H2,(H,45,46)(H,52,53,54)(H,55,56,57)(H,58,59,60)(H,61,62,63)(H,64,65,66)(H,67,68,69)/p-6. The summed E-state index contributed by atoms with van der Waals surface area (Å²) >= 11 is 0. The van der Waals surface area contributed by atoms with Crippen molar-refractivity contribution in [3.8, 4) is 34.5 Å². The van der Waals surface area contributed by atoms with E-state index < -0.39 is 242 Å². The molecule has 0 amide bonds. The molecule has 12 bridgehead atoms. The third kappa shape index (κ3) is 12.3. The molecule has 0 spiro atoms. The first kappa shape index (κ1) is 56.8. The van der Waals surface area contributed by atoms with Gasteiger partial charge in [-0.25, -0.2) is 0 Å². The van der Waals surface area contributed by atoms with Crippen LogP contribution in [0.1, 0.15) is 66.8 Å². The first-order valence-electron chi connectivity index (χ1n) is 20.8. The summed E-state index contributed by atoms with van der Waals surface area (Å²) in [6.45, 7) is -1.43. The molecule has 6 N–H and O–H groups in total. The normalized spacial score (nSPS) is 13.9. The lowest BCUT2D eigenvalue weighted by Crippen LogP contribution is -2.29. The first-order chi connectivity index (χ1) is 34.8. The molecule has 0 aromatic heterocycles. The topological polar surface area (TPSA) is 491 Å². The molecule has 32 heteroatoms. The number of carboxylic acids is 1. The quantitative estimate of drug-likeness (QED) is 0.0898. The molecule has 1 aliphatic rings. The molecule has 26 nitrogen and oxygen atoms in total. The van der Waals surface area contributed by atoms with E-state index in [0.717, 1.165) is 0 Å². The monoisotopic (exact) mass is 1170 g/mol. The Morgan fingerprint density at radius 3 is 0.618 bits per heavy atom. The number of carbonyl (C=O) groups excluding carboxylic acids is 1. The number of aliphatic carboxylic acids is 1. The second-order valence-electron chi connectivity index (χ2n) is 17.0. The van der Waals surface area contributed by atoms with Crippen LogP contribution in [0.15, 0.2) is 102 Å². The number of hydrogen-bond donors (Lipinski definition) is 6. The fourth-order valence-electron chi connectivity index (χ4n) is 8.35. The van der Waals surface area contributed by atoms with Crippen LogP contribution in [0.2, 0.25) is 0 Å². The molecule has 7 rings (SSSR count). The molecule has 406 valence electrons. The number of carbonyl (C=O) groups is 1. The van der Waals surface area contributed by atoms with Gasteiger partial charge in [-0.05, 0) is 154 Å². The van der Waals surface area contributed by atoms with Crippen molar-refractivity contribution in [2.24, 2.45) is 0 Å². The van der Waals surface area contributed by atoms with Crippen molar-refractivity contribution < 1.29 is 118 Å². The van der Waals surface area contributed by atoms with Crippen LogP contribution in [0.25, 0.3) is 0 Å². The smallest absolute Gasteiger partial charge is 0.294 e. The molecule has 76 heavy (non-hydrogen) atoms. The number of ether oxygens (including phenoxy) is 1. The van der Waals surface area contributed by atoms with Crippen LogP contribution in [0, 0.1) is 0 Å². The van der Waals surface area contributed by atoms with Gasteiger partial charge in [-0.3, -0.25) is 27.3 Å². The highest BCUT2D eigenvalue weighted by atomic mass is 32.2. The van der Waals surface area contributed by atoms with Gasteiger partial charge in [0, 0.05) is 24.0 Å². The van der Waals surface area contributed by atoms with Gasteiger partial charge in [0.05, 0.1) is 35.3 Å². The summed E-state index contributed by atoms with van der Waals surface area (Å²) in [7, 11) is -32.4. The van der Waals surface area contributed by atoms with Crippen LogP contribution in [0.5, 0.6) is 34.5 Å². The Bertz CT molecular complexity index is 3970. The molecular weight excluding hydrogens is 1140 g/mol. The Kier molecular flexibility index (Phi) is 14.9.